The maximum absolute atomic E-state index is 11.8. The van der Waals surface area contributed by atoms with E-state index in [0.29, 0.717) is 12.3 Å². The van der Waals surface area contributed by atoms with Crippen LogP contribution in [-0.4, -0.2) is 18.9 Å². The van der Waals surface area contributed by atoms with E-state index in [1.807, 2.05) is 6.08 Å². The number of rotatable bonds is 9. The molecule has 3 nitrogen and oxygen atoms in total. The maximum atomic E-state index is 11.8. The Morgan fingerprint density at radius 1 is 1.30 bits per heavy atom. The molecule has 1 atom stereocenters. The third kappa shape index (κ3) is 5.72. The molecule has 112 valence electrons. The summed E-state index contributed by atoms with van der Waals surface area (Å²) in [4.78, 5) is 22.7. The van der Waals surface area contributed by atoms with E-state index in [4.69, 9.17) is 0 Å². The molecule has 0 aromatic heterocycles. The highest BCUT2D eigenvalue weighted by atomic mass is 16.5. The molecule has 20 heavy (non-hydrogen) atoms. The van der Waals surface area contributed by atoms with Gasteiger partial charge in [0.25, 0.3) is 0 Å². The highest BCUT2D eigenvalue weighted by Gasteiger charge is 2.21. The largest absolute Gasteiger partial charge is 0.469 e. The molecule has 0 bridgehead atoms. The van der Waals surface area contributed by atoms with Crippen LogP contribution in [0.3, 0.4) is 0 Å². The van der Waals surface area contributed by atoms with Gasteiger partial charge in [0.1, 0.15) is 0 Å². The molecule has 1 aliphatic rings. The van der Waals surface area contributed by atoms with Crippen LogP contribution in [0, 0.1) is 5.92 Å². The summed E-state index contributed by atoms with van der Waals surface area (Å²) < 4.78 is 4.60. The van der Waals surface area contributed by atoms with Gasteiger partial charge in [0.05, 0.1) is 7.11 Å². The SMILES string of the molecule is CCCCC1C=CC(=O)/C1=C\CCCCCC(=O)OC. The normalized spacial score (nSPS) is 19.8. The van der Waals surface area contributed by atoms with Crippen LogP contribution in [0.5, 0.6) is 0 Å². The van der Waals surface area contributed by atoms with E-state index in [1.165, 1.54) is 20.0 Å². The van der Waals surface area contributed by atoms with Gasteiger partial charge >= 0.3 is 5.97 Å². The van der Waals surface area contributed by atoms with Crippen LogP contribution in [0.2, 0.25) is 0 Å². The number of esters is 1. The van der Waals surface area contributed by atoms with Gasteiger partial charge in [-0.15, -0.1) is 0 Å². The van der Waals surface area contributed by atoms with E-state index in [0.717, 1.165) is 37.7 Å². The number of hydrogen-bond acceptors (Lipinski definition) is 3. The molecule has 0 aliphatic heterocycles. The van der Waals surface area contributed by atoms with Gasteiger partial charge in [-0.2, -0.15) is 0 Å². The van der Waals surface area contributed by atoms with Crippen LogP contribution < -0.4 is 0 Å². The molecule has 0 saturated heterocycles. The second kappa shape index (κ2) is 9.51. The zero-order valence-corrected chi connectivity index (χ0v) is 12.7. The van der Waals surface area contributed by atoms with Crippen molar-refractivity contribution in [3.05, 3.63) is 23.8 Å². The van der Waals surface area contributed by atoms with Gasteiger partial charge in [0, 0.05) is 17.9 Å². The van der Waals surface area contributed by atoms with Gasteiger partial charge in [-0.3, -0.25) is 9.59 Å². The molecule has 0 N–H and O–H groups in total. The van der Waals surface area contributed by atoms with Crippen molar-refractivity contribution in [1.29, 1.82) is 0 Å². The average Bonchev–Trinajstić information content (AvgIpc) is 2.80. The standard InChI is InChI=1S/C17H26O3/c1-3-4-9-14-12-13-16(18)15(14)10-7-5-6-8-11-17(19)20-2/h10,12-14H,3-9,11H2,1-2H3/b15-10-. The first-order valence-corrected chi connectivity index (χ1v) is 7.68. The molecule has 0 amide bonds. The third-order valence-electron chi connectivity index (χ3n) is 3.71. The molecule has 0 aromatic rings. The van der Waals surface area contributed by atoms with Crippen LogP contribution in [0.4, 0.5) is 0 Å². The summed E-state index contributed by atoms with van der Waals surface area (Å²) in [5, 5.41) is 0. The Hall–Kier alpha value is -1.38. The summed E-state index contributed by atoms with van der Waals surface area (Å²) in [6.07, 6.45) is 13.6. The first-order valence-electron chi connectivity index (χ1n) is 7.68. The zero-order valence-electron chi connectivity index (χ0n) is 12.7. The smallest absolute Gasteiger partial charge is 0.305 e. The second-order valence-electron chi connectivity index (χ2n) is 5.31. The number of carbonyl (C=O) groups is 2. The van der Waals surface area contributed by atoms with E-state index in [9.17, 15) is 9.59 Å². The topological polar surface area (TPSA) is 43.4 Å². The molecule has 0 saturated carbocycles. The minimum Gasteiger partial charge on any atom is -0.469 e. The van der Waals surface area contributed by atoms with Gasteiger partial charge < -0.3 is 4.74 Å². The zero-order chi connectivity index (χ0) is 14.8. The summed E-state index contributed by atoms with van der Waals surface area (Å²) in [7, 11) is 1.42. The number of methoxy groups -OCH3 is 1. The highest BCUT2D eigenvalue weighted by molar-refractivity contribution is 6.07. The van der Waals surface area contributed by atoms with Crippen LogP contribution in [0.15, 0.2) is 23.8 Å². The number of ketones is 1. The van der Waals surface area contributed by atoms with Crippen molar-refractivity contribution in [2.24, 2.45) is 5.92 Å². The Morgan fingerprint density at radius 3 is 2.80 bits per heavy atom. The number of ether oxygens (including phenoxy) is 1. The van der Waals surface area contributed by atoms with Crippen molar-refractivity contribution >= 4 is 11.8 Å². The summed E-state index contributed by atoms with van der Waals surface area (Å²) in [6, 6.07) is 0. The lowest BCUT2D eigenvalue weighted by molar-refractivity contribution is -0.140. The number of unbranched alkanes of at least 4 members (excludes halogenated alkanes) is 4. The number of hydrogen-bond donors (Lipinski definition) is 0. The number of allylic oxidation sites excluding steroid dienone is 4. The molecule has 0 radical (unpaired) electrons. The predicted octanol–water partition coefficient (Wildman–Crippen LogP) is 3.98. The van der Waals surface area contributed by atoms with E-state index in [-0.39, 0.29) is 11.8 Å². The molecule has 1 unspecified atom stereocenters. The molecule has 3 heteroatoms. The third-order valence-corrected chi connectivity index (χ3v) is 3.71. The minimum absolute atomic E-state index is 0.141. The van der Waals surface area contributed by atoms with Crippen LogP contribution in [0.1, 0.15) is 58.3 Å². The molecular weight excluding hydrogens is 252 g/mol. The first-order chi connectivity index (χ1) is 9.69. The average molecular weight is 278 g/mol. The number of carbonyl (C=O) groups excluding carboxylic acids is 2. The summed E-state index contributed by atoms with van der Waals surface area (Å²) in [6.45, 7) is 2.17. The van der Waals surface area contributed by atoms with Crippen molar-refractivity contribution in [1.82, 2.24) is 0 Å². The Balaban J connectivity index is 2.26. The molecule has 0 aromatic carbocycles. The van der Waals surface area contributed by atoms with E-state index in [1.54, 1.807) is 6.08 Å². The first kappa shape index (κ1) is 16.7. The van der Waals surface area contributed by atoms with Gasteiger partial charge in [0.2, 0.25) is 0 Å². The van der Waals surface area contributed by atoms with Crippen LogP contribution >= 0.6 is 0 Å². The molecule has 1 aliphatic carbocycles. The van der Waals surface area contributed by atoms with Crippen molar-refractivity contribution in [2.75, 3.05) is 7.11 Å². The van der Waals surface area contributed by atoms with Gasteiger partial charge in [-0.1, -0.05) is 38.3 Å². The van der Waals surface area contributed by atoms with Gasteiger partial charge in [0.15, 0.2) is 5.78 Å². The highest BCUT2D eigenvalue weighted by Crippen LogP contribution is 2.27. The lowest BCUT2D eigenvalue weighted by Crippen LogP contribution is -2.03. The summed E-state index contributed by atoms with van der Waals surface area (Å²) in [5.74, 6) is 0.372. The Labute approximate surface area is 122 Å². The Bertz CT molecular complexity index is 380. The molecule has 0 heterocycles. The van der Waals surface area contributed by atoms with E-state index >= 15 is 0 Å². The van der Waals surface area contributed by atoms with Crippen molar-refractivity contribution in [3.63, 3.8) is 0 Å². The van der Waals surface area contributed by atoms with Crippen LogP contribution in [0.25, 0.3) is 0 Å². The Morgan fingerprint density at radius 2 is 2.10 bits per heavy atom. The molecule has 0 spiro atoms. The lowest BCUT2D eigenvalue weighted by Gasteiger charge is -2.09. The van der Waals surface area contributed by atoms with Gasteiger partial charge in [-0.25, -0.2) is 0 Å². The van der Waals surface area contributed by atoms with Gasteiger partial charge in [-0.05, 0) is 31.8 Å². The van der Waals surface area contributed by atoms with E-state index < -0.39 is 0 Å². The monoisotopic (exact) mass is 278 g/mol. The van der Waals surface area contributed by atoms with Crippen molar-refractivity contribution < 1.29 is 14.3 Å². The molecule has 1 rings (SSSR count). The maximum Gasteiger partial charge on any atom is 0.305 e. The van der Waals surface area contributed by atoms with Crippen molar-refractivity contribution in [2.45, 2.75) is 58.3 Å². The lowest BCUT2D eigenvalue weighted by atomic mass is 9.95. The molecule has 0 fully saturated rings. The van der Waals surface area contributed by atoms with E-state index in [2.05, 4.69) is 17.7 Å². The summed E-state index contributed by atoms with van der Waals surface area (Å²) in [5.41, 5.74) is 0.978. The fourth-order valence-corrected chi connectivity index (χ4v) is 2.46. The predicted molar refractivity (Wildman–Crippen MR) is 80.3 cm³/mol. The van der Waals surface area contributed by atoms with Crippen molar-refractivity contribution in [3.8, 4) is 0 Å². The quantitative estimate of drug-likeness (QED) is 0.364. The Kier molecular flexibility index (Phi) is 7.93. The summed E-state index contributed by atoms with van der Waals surface area (Å²) >= 11 is 0. The van der Waals surface area contributed by atoms with Crippen LogP contribution in [-0.2, 0) is 14.3 Å². The fourth-order valence-electron chi connectivity index (χ4n) is 2.46. The fraction of sp³-hybridized carbons (Fsp3) is 0.647. The second-order valence-corrected chi connectivity index (χ2v) is 5.31. The molecular formula is C17H26O3. The minimum atomic E-state index is -0.141.